The number of benzene rings is 1. The number of amides is 1. The first-order valence-electron chi connectivity index (χ1n) is 6.77. The molecule has 2 rings (SSSR count). The molecule has 2 N–H and O–H groups in total. The predicted molar refractivity (Wildman–Crippen MR) is 81.8 cm³/mol. The third kappa shape index (κ3) is 3.35. The van der Waals surface area contributed by atoms with E-state index in [-0.39, 0.29) is 5.91 Å². The number of carbonyl (C=O) groups is 1. The molecule has 0 bridgehead atoms. The van der Waals surface area contributed by atoms with E-state index in [1.165, 1.54) is 0 Å². The number of pyridine rings is 1. The van der Waals surface area contributed by atoms with Crippen LogP contribution in [0.15, 0.2) is 42.6 Å². The Morgan fingerprint density at radius 2 is 2.00 bits per heavy atom. The first kappa shape index (κ1) is 14.1. The van der Waals surface area contributed by atoms with Gasteiger partial charge >= 0.3 is 0 Å². The Hall–Kier alpha value is -2.36. The summed E-state index contributed by atoms with van der Waals surface area (Å²) in [5, 5.41) is 5.90. The fourth-order valence-electron chi connectivity index (χ4n) is 1.93. The second-order valence-corrected chi connectivity index (χ2v) is 4.52. The van der Waals surface area contributed by atoms with Crippen molar-refractivity contribution in [2.45, 2.75) is 13.3 Å². The molecule has 0 radical (unpaired) electrons. The van der Waals surface area contributed by atoms with E-state index >= 15 is 0 Å². The molecule has 0 saturated carbocycles. The van der Waals surface area contributed by atoms with E-state index in [1.54, 1.807) is 6.20 Å². The van der Waals surface area contributed by atoms with Gasteiger partial charge in [0.05, 0.1) is 0 Å². The molecule has 4 heteroatoms. The lowest BCUT2D eigenvalue weighted by Crippen LogP contribution is -2.23. The van der Waals surface area contributed by atoms with Crippen molar-refractivity contribution in [3.63, 3.8) is 0 Å². The number of nitrogens with one attached hydrogen (secondary N) is 2. The highest BCUT2D eigenvalue weighted by molar-refractivity contribution is 5.95. The third-order valence-corrected chi connectivity index (χ3v) is 3.01. The van der Waals surface area contributed by atoms with E-state index < -0.39 is 0 Å². The maximum absolute atomic E-state index is 12.0. The highest BCUT2D eigenvalue weighted by atomic mass is 16.1. The van der Waals surface area contributed by atoms with Gasteiger partial charge < -0.3 is 10.6 Å². The largest absolute Gasteiger partial charge is 0.373 e. The van der Waals surface area contributed by atoms with E-state index in [0.29, 0.717) is 12.1 Å². The summed E-state index contributed by atoms with van der Waals surface area (Å²) in [7, 11) is 1.83. The van der Waals surface area contributed by atoms with Crippen LogP contribution in [0, 0.1) is 0 Å². The fraction of sp³-hybridized carbons (Fsp3) is 0.250. The summed E-state index contributed by atoms with van der Waals surface area (Å²) in [4.78, 5) is 16.2. The van der Waals surface area contributed by atoms with E-state index in [9.17, 15) is 4.79 Å². The minimum Gasteiger partial charge on any atom is -0.373 e. The molecular weight excluding hydrogens is 250 g/mol. The van der Waals surface area contributed by atoms with Crippen LogP contribution in [-0.4, -0.2) is 24.5 Å². The fourth-order valence-corrected chi connectivity index (χ4v) is 1.93. The zero-order chi connectivity index (χ0) is 14.4. The Bertz CT molecular complexity index is 596. The van der Waals surface area contributed by atoms with Crippen molar-refractivity contribution in [3.05, 3.63) is 48.2 Å². The maximum Gasteiger partial charge on any atom is 0.251 e. The number of nitrogens with zero attached hydrogens (tertiary/aromatic N) is 1. The van der Waals surface area contributed by atoms with Crippen LogP contribution in [0.3, 0.4) is 0 Å². The quantitative estimate of drug-likeness (QED) is 0.877. The summed E-state index contributed by atoms with van der Waals surface area (Å²) < 4.78 is 0. The zero-order valence-corrected chi connectivity index (χ0v) is 11.8. The van der Waals surface area contributed by atoms with Gasteiger partial charge in [-0.25, -0.2) is 4.98 Å². The molecule has 0 atom stereocenters. The van der Waals surface area contributed by atoms with Crippen LogP contribution in [0.2, 0.25) is 0 Å². The van der Waals surface area contributed by atoms with Gasteiger partial charge in [-0.15, -0.1) is 0 Å². The third-order valence-electron chi connectivity index (χ3n) is 3.01. The Kier molecular flexibility index (Phi) is 4.71. The molecule has 1 heterocycles. The van der Waals surface area contributed by atoms with E-state index in [2.05, 4.69) is 15.6 Å². The number of carbonyl (C=O) groups excluding carboxylic acids is 1. The monoisotopic (exact) mass is 269 g/mol. The molecule has 0 aliphatic carbocycles. The molecule has 20 heavy (non-hydrogen) atoms. The molecule has 0 spiro atoms. The second-order valence-electron chi connectivity index (χ2n) is 4.52. The minimum atomic E-state index is -0.0309. The highest BCUT2D eigenvalue weighted by Gasteiger charge is 2.06. The van der Waals surface area contributed by atoms with Crippen LogP contribution in [0.25, 0.3) is 11.1 Å². The molecular formula is C16H19N3O. The van der Waals surface area contributed by atoms with Crippen molar-refractivity contribution >= 4 is 11.7 Å². The van der Waals surface area contributed by atoms with Crippen molar-refractivity contribution in [2.24, 2.45) is 0 Å². The second kappa shape index (κ2) is 6.70. The summed E-state index contributed by atoms with van der Waals surface area (Å²) in [6.07, 6.45) is 2.69. The molecule has 0 saturated heterocycles. The SMILES string of the molecule is CCCNC(=O)c1cccc(-c2ccnc(NC)c2)c1. The van der Waals surface area contributed by atoms with E-state index in [0.717, 1.165) is 23.4 Å². The highest BCUT2D eigenvalue weighted by Crippen LogP contribution is 2.22. The van der Waals surface area contributed by atoms with Crippen LogP contribution < -0.4 is 10.6 Å². The summed E-state index contributed by atoms with van der Waals surface area (Å²) in [6.45, 7) is 2.73. The van der Waals surface area contributed by atoms with Crippen molar-refractivity contribution < 1.29 is 4.79 Å². The standard InChI is InChI=1S/C16H19N3O/c1-3-8-19-16(20)14-6-4-5-12(10-14)13-7-9-18-15(11-13)17-2/h4-7,9-11H,3,8H2,1-2H3,(H,17,18)(H,19,20). The first-order valence-corrected chi connectivity index (χ1v) is 6.77. The average Bonchev–Trinajstić information content (AvgIpc) is 2.52. The van der Waals surface area contributed by atoms with Crippen LogP contribution in [0.5, 0.6) is 0 Å². The number of hydrogen-bond donors (Lipinski definition) is 2. The molecule has 0 fully saturated rings. The van der Waals surface area contributed by atoms with Crippen molar-refractivity contribution in [3.8, 4) is 11.1 Å². The Labute approximate surface area is 119 Å². The molecule has 0 unspecified atom stereocenters. The van der Waals surface area contributed by atoms with Crippen molar-refractivity contribution in [1.29, 1.82) is 0 Å². The molecule has 1 aromatic carbocycles. The van der Waals surface area contributed by atoms with Gasteiger partial charge in [-0.3, -0.25) is 4.79 Å². The normalized spacial score (nSPS) is 10.1. The van der Waals surface area contributed by atoms with Gasteiger partial charge in [0.15, 0.2) is 0 Å². The first-order chi connectivity index (χ1) is 9.74. The lowest BCUT2D eigenvalue weighted by atomic mass is 10.0. The van der Waals surface area contributed by atoms with Gasteiger partial charge in [-0.1, -0.05) is 19.1 Å². The van der Waals surface area contributed by atoms with Gasteiger partial charge in [0.1, 0.15) is 5.82 Å². The topological polar surface area (TPSA) is 54.0 Å². The molecule has 4 nitrogen and oxygen atoms in total. The zero-order valence-electron chi connectivity index (χ0n) is 11.8. The molecule has 0 aliphatic rings. The lowest BCUT2D eigenvalue weighted by Gasteiger charge is -2.07. The number of aromatic nitrogens is 1. The van der Waals surface area contributed by atoms with E-state index in [4.69, 9.17) is 0 Å². The van der Waals surface area contributed by atoms with Gasteiger partial charge in [0, 0.05) is 25.4 Å². The summed E-state index contributed by atoms with van der Waals surface area (Å²) >= 11 is 0. The van der Waals surface area contributed by atoms with Crippen molar-refractivity contribution in [1.82, 2.24) is 10.3 Å². The Morgan fingerprint density at radius 1 is 1.20 bits per heavy atom. The Morgan fingerprint density at radius 3 is 2.75 bits per heavy atom. The Balaban J connectivity index is 2.26. The minimum absolute atomic E-state index is 0.0309. The summed E-state index contributed by atoms with van der Waals surface area (Å²) in [6, 6.07) is 11.5. The van der Waals surface area contributed by atoms with Gasteiger partial charge in [0.25, 0.3) is 5.91 Å². The average molecular weight is 269 g/mol. The van der Waals surface area contributed by atoms with Crippen LogP contribution in [-0.2, 0) is 0 Å². The van der Waals surface area contributed by atoms with Crippen LogP contribution in [0.1, 0.15) is 23.7 Å². The van der Waals surface area contributed by atoms with E-state index in [1.807, 2.05) is 50.4 Å². The molecule has 104 valence electrons. The lowest BCUT2D eigenvalue weighted by molar-refractivity contribution is 0.0953. The molecule has 1 amide bonds. The maximum atomic E-state index is 12.0. The summed E-state index contributed by atoms with van der Waals surface area (Å²) in [5.74, 6) is 0.778. The molecule has 1 aromatic heterocycles. The van der Waals surface area contributed by atoms with Crippen molar-refractivity contribution in [2.75, 3.05) is 18.9 Å². The number of hydrogen-bond acceptors (Lipinski definition) is 3. The van der Waals surface area contributed by atoms with Gasteiger partial charge in [-0.05, 0) is 41.8 Å². The summed E-state index contributed by atoms with van der Waals surface area (Å²) in [5.41, 5.74) is 2.72. The van der Waals surface area contributed by atoms with Crippen LogP contribution >= 0.6 is 0 Å². The van der Waals surface area contributed by atoms with Gasteiger partial charge in [-0.2, -0.15) is 0 Å². The smallest absolute Gasteiger partial charge is 0.251 e. The molecule has 0 aliphatic heterocycles. The number of rotatable bonds is 5. The molecule has 2 aromatic rings. The van der Waals surface area contributed by atoms with Crippen LogP contribution in [0.4, 0.5) is 5.82 Å². The number of anilines is 1. The van der Waals surface area contributed by atoms with Gasteiger partial charge in [0.2, 0.25) is 0 Å². The predicted octanol–water partition coefficient (Wildman–Crippen LogP) is 2.93.